The van der Waals surface area contributed by atoms with Crippen LogP contribution >= 0.6 is 0 Å². The fraction of sp³-hybridized carbons (Fsp3) is 0.611. The van der Waals surface area contributed by atoms with Crippen LogP contribution in [-0.2, 0) is 4.79 Å². The van der Waals surface area contributed by atoms with Gasteiger partial charge in [0.25, 0.3) is 12.3 Å². The molecule has 1 aromatic rings. The maximum absolute atomic E-state index is 13.5. The van der Waals surface area contributed by atoms with E-state index in [1.807, 2.05) is 0 Å². The number of amides is 2. The van der Waals surface area contributed by atoms with E-state index in [-0.39, 0.29) is 42.6 Å². The van der Waals surface area contributed by atoms with E-state index >= 15 is 0 Å². The van der Waals surface area contributed by atoms with E-state index < -0.39 is 17.7 Å². The molecule has 1 unspecified atom stereocenters. The van der Waals surface area contributed by atoms with Gasteiger partial charge in [-0.2, -0.15) is 0 Å². The molecule has 0 radical (unpaired) electrons. The number of likely N-dealkylation sites (tertiary alicyclic amines) is 1. The molecule has 1 aliphatic carbocycles. The Kier molecular flexibility index (Phi) is 5.38. The van der Waals surface area contributed by atoms with Crippen molar-refractivity contribution in [2.45, 2.75) is 51.0 Å². The van der Waals surface area contributed by atoms with Crippen LogP contribution < -0.4 is 10.9 Å². The molecule has 2 amide bonds. The molecular formula is C18H23F2N3O3. The molecule has 1 atom stereocenters. The Morgan fingerprint density at radius 3 is 2.65 bits per heavy atom. The summed E-state index contributed by atoms with van der Waals surface area (Å²) in [4.78, 5) is 40.5. The Hall–Kier alpha value is -2.25. The monoisotopic (exact) mass is 367 g/mol. The smallest absolute Gasteiger partial charge is 0.270 e. The minimum absolute atomic E-state index is 0.149. The first-order valence-corrected chi connectivity index (χ1v) is 9.01. The lowest BCUT2D eigenvalue weighted by Gasteiger charge is -2.29. The quantitative estimate of drug-likeness (QED) is 0.834. The molecule has 2 fully saturated rings. The summed E-state index contributed by atoms with van der Waals surface area (Å²) in [6.45, 7) is 0.659. The zero-order chi connectivity index (χ0) is 18.7. The van der Waals surface area contributed by atoms with Gasteiger partial charge in [-0.15, -0.1) is 0 Å². The number of carbonyl (C=O) groups is 2. The molecule has 0 bridgehead atoms. The highest BCUT2D eigenvalue weighted by molar-refractivity contribution is 5.92. The molecule has 2 heterocycles. The Morgan fingerprint density at radius 2 is 2.00 bits per heavy atom. The van der Waals surface area contributed by atoms with Crippen LogP contribution in [0.15, 0.2) is 23.0 Å². The van der Waals surface area contributed by atoms with Crippen molar-refractivity contribution in [1.29, 1.82) is 0 Å². The van der Waals surface area contributed by atoms with Gasteiger partial charge < -0.3 is 15.2 Å². The molecule has 8 heteroatoms. The van der Waals surface area contributed by atoms with Crippen molar-refractivity contribution < 1.29 is 18.4 Å². The van der Waals surface area contributed by atoms with Gasteiger partial charge in [-0.25, -0.2) is 8.78 Å². The summed E-state index contributed by atoms with van der Waals surface area (Å²) in [5.41, 5.74) is -1.76. The Bertz CT molecular complexity index is 728. The summed E-state index contributed by atoms with van der Waals surface area (Å²) in [7, 11) is 0. The van der Waals surface area contributed by atoms with Gasteiger partial charge in [0, 0.05) is 25.2 Å². The molecule has 0 aromatic carbocycles. The Labute approximate surface area is 150 Å². The third kappa shape index (κ3) is 3.50. The maximum atomic E-state index is 13.5. The van der Waals surface area contributed by atoms with Gasteiger partial charge in [-0.3, -0.25) is 14.4 Å². The summed E-state index contributed by atoms with van der Waals surface area (Å²) < 4.78 is 26.9. The van der Waals surface area contributed by atoms with Crippen molar-refractivity contribution in [3.63, 3.8) is 0 Å². The minimum atomic E-state index is -2.68. The van der Waals surface area contributed by atoms with Crippen LogP contribution in [0.3, 0.4) is 0 Å². The lowest BCUT2D eigenvalue weighted by Crippen LogP contribution is -2.49. The second kappa shape index (κ2) is 7.55. The number of aromatic amines is 1. The molecule has 3 rings (SSSR count). The molecule has 2 aliphatic rings. The van der Waals surface area contributed by atoms with Crippen LogP contribution in [-0.4, -0.2) is 47.3 Å². The van der Waals surface area contributed by atoms with E-state index in [9.17, 15) is 23.2 Å². The Morgan fingerprint density at radius 1 is 1.27 bits per heavy atom. The van der Waals surface area contributed by atoms with E-state index in [4.69, 9.17) is 0 Å². The molecule has 26 heavy (non-hydrogen) atoms. The van der Waals surface area contributed by atoms with Gasteiger partial charge >= 0.3 is 0 Å². The highest BCUT2D eigenvalue weighted by Gasteiger charge is 2.49. The topological polar surface area (TPSA) is 82.3 Å². The molecule has 6 nitrogen and oxygen atoms in total. The molecule has 1 aromatic heterocycles. The summed E-state index contributed by atoms with van der Waals surface area (Å²) in [5, 5.41) is 2.65. The summed E-state index contributed by atoms with van der Waals surface area (Å²) >= 11 is 0. The van der Waals surface area contributed by atoms with Crippen LogP contribution in [0.4, 0.5) is 8.78 Å². The standard InChI is InChI=1S/C18H23F2N3O3/c19-16(20)18(8-1-2-9-18)17(26)21-11-12-5-4-10-23(12)15(25)13-6-3-7-14(24)22-13/h3,6-7,12,16H,1-2,4-5,8-11H2,(H,21,26)(H,22,24). The van der Waals surface area contributed by atoms with Crippen LogP contribution in [0, 0.1) is 5.41 Å². The molecule has 1 saturated carbocycles. The number of rotatable bonds is 5. The van der Waals surface area contributed by atoms with E-state index in [2.05, 4.69) is 10.3 Å². The van der Waals surface area contributed by atoms with Crippen LogP contribution in [0.1, 0.15) is 49.0 Å². The number of pyridine rings is 1. The second-order valence-corrected chi connectivity index (χ2v) is 7.10. The van der Waals surface area contributed by atoms with Crippen LogP contribution in [0.5, 0.6) is 0 Å². The predicted molar refractivity (Wildman–Crippen MR) is 91.0 cm³/mol. The summed E-state index contributed by atoms with van der Waals surface area (Å²) in [6, 6.07) is 4.10. The number of hydrogen-bond acceptors (Lipinski definition) is 3. The van der Waals surface area contributed by atoms with Crippen LogP contribution in [0.25, 0.3) is 0 Å². The normalized spacial score (nSPS) is 22.0. The van der Waals surface area contributed by atoms with E-state index in [1.54, 1.807) is 4.90 Å². The fourth-order valence-electron chi connectivity index (χ4n) is 3.98. The number of aromatic nitrogens is 1. The van der Waals surface area contributed by atoms with Crippen molar-refractivity contribution in [3.05, 3.63) is 34.2 Å². The predicted octanol–water partition coefficient (Wildman–Crippen LogP) is 1.92. The minimum Gasteiger partial charge on any atom is -0.353 e. The number of halogens is 2. The van der Waals surface area contributed by atoms with Gasteiger partial charge in [0.2, 0.25) is 11.5 Å². The first kappa shape index (κ1) is 18.5. The number of nitrogens with one attached hydrogen (secondary N) is 2. The third-order valence-corrected chi connectivity index (χ3v) is 5.50. The molecule has 142 valence electrons. The third-order valence-electron chi connectivity index (χ3n) is 5.50. The van der Waals surface area contributed by atoms with E-state index in [0.717, 1.165) is 6.42 Å². The largest absolute Gasteiger partial charge is 0.353 e. The van der Waals surface area contributed by atoms with Crippen molar-refractivity contribution in [1.82, 2.24) is 15.2 Å². The molecular weight excluding hydrogens is 344 g/mol. The number of nitrogens with zero attached hydrogens (tertiary/aromatic N) is 1. The highest BCUT2D eigenvalue weighted by Crippen LogP contribution is 2.43. The molecule has 2 N–H and O–H groups in total. The first-order chi connectivity index (χ1) is 12.4. The maximum Gasteiger partial charge on any atom is 0.270 e. The fourth-order valence-corrected chi connectivity index (χ4v) is 3.98. The SMILES string of the molecule is O=C(c1cccc(=O)[nH]1)N1CCCC1CNC(=O)C1(C(F)F)CCCC1. The van der Waals surface area contributed by atoms with E-state index in [1.165, 1.54) is 18.2 Å². The summed E-state index contributed by atoms with van der Waals surface area (Å²) in [5.74, 6) is -0.929. The molecule has 0 spiro atoms. The number of H-pyrrole nitrogens is 1. The van der Waals surface area contributed by atoms with Crippen molar-refractivity contribution >= 4 is 11.8 Å². The second-order valence-electron chi connectivity index (χ2n) is 7.10. The zero-order valence-electron chi connectivity index (χ0n) is 14.5. The zero-order valence-corrected chi connectivity index (χ0v) is 14.5. The molecule has 1 aliphatic heterocycles. The van der Waals surface area contributed by atoms with Crippen molar-refractivity contribution in [2.75, 3.05) is 13.1 Å². The Balaban J connectivity index is 1.65. The first-order valence-electron chi connectivity index (χ1n) is 9.01. The van der Waals surface area contributed by atoms with Gasteiger partial charge in [-0.05, 0) is 31.7 Å². The van der Waals surface area contributed by atoms with Gasteiger partial charge in [-0.1, -0.05) is 18.9 Å². The van der Waals surface area contributed by atoms with Gasteiger partial charge in [0.05, 0.1) is 0 Å². The number of alkyl halides is 2. The van der Waals surface area contributed by atoms with Gasteiger partial charge in [0.15, 0.2) is 0 Å². The average molecular weight is 367 g/mol. The number of carbonyl (C=O) groups excluding carboxylic acids is 2. The van der Waals surface area contributed by atoms with E-state index in [0.29, 0.717) is 25.8 Å². The summed E-state index contributed by atoms with van der Waals surface area (Å²) in [6.07, 6.45) is 0.444. The lowest BCUT2D eigenvalue weighted by atomic mass is 9.85. The van der Waals surface area contributed by atoms with Crippen molar-refractivity contribution in [3.8, 4) is 0 Å². The van der Waals surface area contributed by atoms with Gasteiger partial charge in [0.1, 0.15) is 11.1 Å². The highest BCUT2D eigenvalue weighted by atomic mass is 19.3. The number of hydrogen-bond donors (Lipinski definition) is 2. The molecule has 1 saturated heterocycles. The van der Waals surface area contributed by atoms with Crippen LogP contribution in [0.2, 0.25) is 0 Å². The average Bonchev–Trinajstić information content (AvgIpc) is 3.29. The van der Waals surface area contributed by atoms with Crippen molar-refractivity contribution in [2.24, 2.45) is 5.41 Å². The lowest BCUT2D eigenvalue weighted by molar-refractivity contribution is -0.140.